The summed E-state index contributed by atoms with van der Waals surface area (Å²) >= 11 is 6.11. The zero-order valence-electron chi connectivity index (χ0n) is 13.7. The van der Waals surface area contributed by atoms with Gasteiger partial charge in [-0.05, 0) is 31.0 Å². The fourth-order valence-corrected chi connectivity index (χ4v) is 3.17. The minimum absolute atomic E-state index is 0.147. The molecule has 1 aromatic carbocycles. The van der Waals surface area contributed by atoms with Crippen LogP contribution >= 0.6 is 11.6 Å². The van der Waals surface area contributed by atoms with E-state index in [0.717, 1.165) is 24.2 Å². The summed E-state index contributed by atoms with van der Waals surface area (Å²) in [7, 11) is 1.70. The minimum Gasteiger partial charge on any atom is -0.348 e. The number of nitrogens with zero attached hydrogens (tertiary/aromatic N) is 3. The summed E-state index contributed by atoms with van der Waals surface area (Å²) in [4.78, 5) is 26.0. The number of anilines is 1. The van der Waals surface area contributed by atoms with Crippen molar-refractivity contribution in [1.82, 2.24) is 15.1 Å². The van der Waals surface area contributed by atoms with Gasteiger partial charge >= 0.3 is 0 Å². The van der Waals surface area contributed by atoms with Crippen LogP contribution in [0, 0.1) is 6.92 Å². The predicted octanol–water partition coefficient (Wildman–Crippen LogP) is 2.44. The van der Waals surface area contributed by atoms with Gasteiger partial charge in [0.05, 0.1) is 11.3 Å². The third kappa shape index (κ3) is 3.14. The van der Waals surface area contributed by atoms with Gasteiger partial charge in [-0.15, -0.1) is 0 Å². The number of amides is 2. The van der Waals surface area contributed by atoms with E-state index in [1.807, 2.05) is 24.3 Å². The highest BCUT2D eigenvalue weighted by atomic mass is 35.5. The monoisotopic (exact) mass is 346 g/mol. The zero-order valence-corrected chi connectivity index (χ0v) is 14.4. The number of aromatic nitrogens is 2. The molecule has 0 atom stereocenters. The molecule has 1 aliphatic rings. The van der Waals surface area contributed by atoms with Crippen LogP contribution in [0.1, 0.15) is 34.5 Å². The van der Waals surface area contributed by atoms with Crippen LogP contribution in [-0.2, 0) is 18.4 Å². The van der Waals surface area contributed by atoms with E-state index in [4.69, 9.17) is 11.6 Å². The Bertz CT molecular complexity index is 800. The Morgan fingerprint density at radius 3 is 2.83 bits per heavy atom. The maximum absolute atomic E-state index is 12.4. The molecule has 1 aromatic heterocycles. The number of hydrogen-bond acceptors (Lipinski definition) is 3. The molecule has 0 spiro atoms. The molecule has 1 saturated heterocycles. The van der Waals surface area contributed by atoms with Crippen LogP contribution in [0.5, 0.6) is 0 Å². The van der Waals surface area contributed by atoms with Crippen LogP contribution < -0.4 is 10.2 Å². The van der Waals surface area contributed by atoms with Gasteiger partial charge in [0.1, 0.15) is 5.15 Å². The number of carbonyl (C=O) groups excluding carboxylic acids is 2. The van der Waals surface area contributed by atoms with E-state index in [1.165, 1.54) is 4.68 Å². The van der Waals surface area contributed by atoms with Crippen molar-refractivity contribution < 1.29 is 9.59 Å². The summed E-state index contributed by atoms with van der Waals surface area (Å²) in [5.74, 6) is -0.109. The van der Waals surface area contributed by atoms with Crippen LogP contribution in [0.4, 0.5) is 5.69 Å². The fourth-order valence-electron chi connectivity index (χ4n) is 2.91. The first-order valence-electron chi connectivity index (χ1n) is 7.84. The van der Waals surface area contributed by atoms with Gasteiger partial charge < -0.3 is 10.2 Å². The van der Waals surface area contributed by atoms with Crippen LogP contribution in [0.15, 0.2) is 24.3 Å². The lowest BCUT2D eigenvalue weighted by Gasteiger charge is -2.16. The lowest BCUT2D eigenvalue weighted by molar-refractivity contribution is -0.117. The fraction of sp³-hybridized carbons (Fsp3) is 0.353. The molecule has 2 heterocycles. The first-order chi connectivity index (χ1) is 11.5. The van der Waals surface area contributed by atoms with Gasteiger partial charge in [0.25, 0.3) is 5.91 Å². The SMILES string of the molecule is Cc1nn(C)c(Cl)c1C(=O)NCc1cccc(N2CCCC2=O)c1. The van der Waals surface area contributed by atoms with E-state index < -0.39 is 0 Å². The maximum Gasteiger partial charge on any atom is 0.256 e. The smallest absolute Gasteiger partial charge is 0.256 e. The number of aryl methyl sites for hydroxylation is 2. The van der Waals surface area contributed by atoms with E-state index in [9.17, 15) is 9.59 Å². The maximum atomic E-state index is 12.4. The van der Waals surface area contributed by atoms with Gasteiger partial charge in [-0.1, -0.05) is 23.7 Å². The molecule has 24 heavy (non-hydrogen) atoms. The molecule has 126 valence electrons. The molecule has 2 aromatic rings. The summed E-state index contributed by atoms with van der Waals surface area (Å²) in [6.45, 7) is 2.86. The number of rotatable bonds is 4. The minimum atomic E-state index is -0.256. The Morgan fingerprint density at radius 1 is 1.42 bits per heavy atom. The first-order valence-corrected chi connectivity index (χ1v) is 8.22. The Hall–Kier alpha value is -2.34. The van der Waals surface area contributed by atoms with E-state index in [1.54, 1.807) is 18.9 Å². The molecular weight excluding hydrogens is 328 g/mol. The van der Waals surface area contributed by atoms with Crippen LogP contribution in [-0.4, -0.2) is 28.1 Å². The lowest BCUT2D eigenvalue weighted by atomic mass is 10.1. The summed E-state index contributed by atoms with van der Waals surface area (Å²) in [5.41, 5.74) is 2.79. The van der Waals surface area contributed by atoms with Gasteiger partial charge in [-0.25, -0.2) is 0 Å². The predicted molar refractivity (Wildman–Crippen MR) is 92.2 cm³/mol. The van der Waals surface area contributed by atoms with Gasteiger partial charge in [0, 0.05) is 32.2 Å². The topological polar surface area (TPSA) is 67.2 Å². The van der Waals surface area contributed by atoms with Crippen molar-refractivity contribution in [2.45, 2.75) is 26.3 Å². The first kappa shape index (κ1) is 16.5. The lowest BCUT2D eigenvalue weighted by Crippen LogP contribution is -2.25. The van der Waals surface area contributed by atoms with Gasteiger partial charge in [-0.2, -0.15) is 5.10 Å². The van der Waals surface area contributed by atoms with Crippen molar-refractivity contribution >= 4 is 29.1 Å². The van der Waals surface area contributed by atoms with E-state index in [2.05, 4.69) is 10.4 Å². The highest BCUT2D eigenvalue weighted by Gasteiger charge is 2.22. The third-order valence-corrected chi connectivity index (χ3v) is 4.56. The van der Waals surface area contributed by atoms with E-state index in [0.29, 0.717) is 29.4 Å². The van der Waals surface area contributed by atoms with Crippen molar-refractivity contribution in [2.75, 3.05) is 11.4 Å². The highest BCUT2D eigenvalue weighted by molar-refractivity contribution is 6.33. The number of nitrogens with one attached hydrogen (secondary N) is 1. The standard InChI is InChI=1S/C17H19ClN4O2/c1-11-15(16(18)21(2)20-11)17(24)19-10-12-5-3-6-13(9-12)22-8-4-7-14(22)23/h3,5-6,9H,4,7-8,10H2,1-2H3,(H,19,24). The molecule has 3 rings (SSSR count). The molecule has 0 unspecified atom stereocenters. The summed E-state index contributed by atoms with van der Waals surface area (Å²) in [6, 6.07) is 7.66. The van der Waals surface area contributed by atoms with Gasteiger partial charge in [0.15, 0.2) is 0 Å². The second-order valence-electron chi connectivity index (χ2n) is 5.88. The molecule has 2 amide bonds. The average Bonchev–Trinajstić information content (AvgIpc) is 3.09. The number of hydrogen-bond donors (Lipinski definition) is 1. The highest BCUT2D eigenvalue weighted by Crippen LogP contribution is 2.22. The quantitative estimate of drug-likeness (QED) is 0.924. The molecule has 6 nitrogen and oxygen atoms in total. The zero-order chi connectivity index (χ0) is 17.3. The Labute approximate surface area is 145 Å². The Balaban J connectivity index is 1.70. The number of halogens is 1. The third-order valence-electron chi connectivity index (χ3n) is 4.13. The van der Waals surface area contributed by atoms with Crippen molar-refractivity contribution in [1.29, 1.82) is 0 Å². The molecule has 0 radical (unpaired) electrons. The van der Waals surface area contributed by atoms with Crippen molar-refractivity contribution in [3.8, 4) is 0 Å². The Morgan fingerprint density at radius 2 is 2.21 bits per heavy atom. The molecular formula is C17H19ClN4O2. The molecule has 1 fully saturated rings. The van der Waals surface area contributed by atoms with Gasteiger partial charge in [0.2, 0.25) is 5.91 Å². The second-order valence-corrected chi connectivity index (χ2v) is 6.23. The molecule has 1 aliphatic heterocycles. The summed E-state index contributed by atoms with van der Waals surface area (Å²) in [5, 5.41) is 7.32. The molecule has 1 N–H and O–H groups in total. The summed E-state index contributed by atoms with van der Waals surface area (Å²) < 4.78 is 1.48. The number of carbonyl (C=O) groups is 2. The van der Waals surface area contributed by atoms with Crippen LogP contribution in [0.2, 0.25) is 5.15 Å². The van der Waals surface area contributed by atoms with Gasteiger partial charge in [-0.3, -0.25) is 14.3 Å². The largest absolute Gasteiger partial charge is 0.348 e. The normalized spacial score (nSPS) is 14.3. The van der Waals surface area contributed by atoms with Crippen molar-refractivity contribution in [2.24, 2.45) is 7.05 Å². The second kappa shape index (κ2) is 6.65. The molecule has 0 bridgehead atoms. The molecule has 0 aliphatic carbocycles. The van der Waals surface area contributed by atoms with E-state index in [-0.39, 0.29) is 11.8 Å². The molecule has 0 saturated carbocycles. The van der Waals surface area contributed by atoms with E-state index >= 15 is 0 Å². The van der Waals surface area contributed by atoms with Crippen molar-refractivity contribution in [3.63, 3.8) is 0 Å². The van der Waals surface area contributed by atoms with Crippen molar-refractivity contribution in [3.05, 3.63) is 46.2 Å². The average molecular weight is 347 g/mol. The van der Waals surface area contributed by atoms with Crippen LogP contribution in [0.25, 0.3) is 0 Å². The molecule has 7 heteroatoms. The Kier molecular flexibility index (Phi) is 4.57. The van der Waals surface area contributed by atoms with Crippen LogP contribution in [0.3, 0.4) is 0 Å². The number of benzene rings is 1. The summed E-state index contributed by atoms with van der Waals surface area (Å²) in [6.07, 6.45) is 1.48.